The molecule has 1 saturated carbocycles. The van der Waals surface area contributed by atoms with Crippen LogP contribution in [0.3, 0.4) is 0 Å². The van der Waals surface area contributed by atoms with E-state index >= 15 is 0 Å². The molecule has 0 aromatic carbocycles. The summed E-state index contributed by atoms with van der Waals surface area (Å²) in [7, 11) is 0. The zero-order chi connectivity index (χ0) is 13.5. The van der Waals surface area contributed by atoms with Gasteiger partial charge in [0.15, 0.2) is 0 Å². The molecule has 0 saturated heterocycles. The molecule has 0 aliphatic heterocycles. The lowest BCUT2D eigenvalue weighted by Gasteiger charge is -2.25. The summed E-state index contributed by atoms with van der Waals surface area (Å²) in [6.45, 7) is 8.41. The van der Waals surface area contributed by atoms with Crippen LogP contribution >= 0.6 is 0 Å². The molecular formula is C15H30N2O. The first-order valence-electron chi connectivity index (χ1n) is 7.61. The second-order valence-corrected chi connectivity index (χ2v) is 5.92. The van der Waals surface area contributed by atoms with Crippen LogP contribution in [-0.2, 0) is 4.79 Å². The highest BCUT2D eigenvalue weighted by atomic mass is 16.2. The van der Waals surface area contributed by atoms with Gasteiger partial charge >= 0.3 is 0 Å². The Morgan fingerprint density at radius 2 is 1.83 bits per heavy atom. The number of hydrogen-bond acceptors (Lipinski definition) is 2. The molecule has 3 nitrogen and oxygen atoms in total. The van der Waals surface area contributed by atoms with Crippen LogP contribution in [0.2, 0.25) is 0 Å². The Morgan fingerprint density at radius 3 is 2.39 bits per heavy atom. The van der Waals surface area contributed by atoms with Gasteiger partial charge in [-0.05, 0) is 46.0 Å². The monoisotopic (exact) mass is 254 g/mol. The van der Waals surface area contributed by atoms with Gasteiger partial charge < -0.3 is 10.6 Å². The summed E-state index contributed by atoms with van der Waals surface area (Å²) < 4.78 is 0. The quantitative estimate of drug-likeness (QED) is 0.733. The predicted octanol–water partition coefficient (Wildman–Crippen LogP) is 2.85. The lowest BCUT2D eigenvalue weighted by molar-refractivity contribution is -0.123. The second-order valence-electron chi connectivity index (χ2n) is 5.92. The Balaban J connectivity index is 2.29. The molecule has 2 N–H and O–H groups in total. The van der Waals surface area contributed by atoms with Crippen molar-refractivity contribution >= 4 is 5.91 Å². The highest BCUT2D eigenvalue weighted by Crippen LogP contribution is 2.27. The molecule has 0 aromatic heterocycles. The largest absolute Gasteiger partial charge is 0.352 e. The zero-order valence-corrected chi connectivity index (χ0v) is 12.5. The Bertz CT molecular complexity index is 249. The number of rotatable bonds is 7. The van der Waals surface area contributed by atoms with Crippen molar-refractivity contribution in [3.8, 4) is 0 Å². The van der Waals surface area contributed by atoms with Gasteiger partial charge in [-0.3, -0.25) is 4.79 Å². The Morgan fingerprint density at radius 1 is 1.22 bits per heavy atom. The molecule has 0 bridgehead atoms. The standard InChI is InChI=1S/C15H30N2O/c1-5-8-11(2)16-15(18)13(4)17-12(3)14-9-6-7-10-14/h11-14,17H,5-10H2,1-4H3,(H,16,18). The minimum absolute atomic E-state index is 0.0834. The molecule has 1 amide bonds. The van der Waals surface area contributed by atoms with E-state index in [2.05, 4.69) is 31.4 Å². The summed E-state index contributed by atoms with van der Waals surface area (Å²) in [5.41, 5.74) is 0. The molecule has 3 heteroatoms. The molecule has 106 valence electrons. The molecule has 3 unspecified atom stereocenters. The van der Waals surface area contributed by atoms with Gasteiger partial charge in [0.1, 0.15) is 0 Å². The predicted molar refractivity (Wildman–Crippen MR) is 76.5 cm³/mol. The zero-order valence-electron chi connectivity index (χ0n) is 12.5. The number of nitrogens with one attached hydrogen (secondary N) is 2. The van der Waals surface area contributed by atoms with E-state index in [1.165, 1.54) is 25.7 Å². The minimum atomic E-state index is -0.0834. The van der Waals surface area contributed by atoms with E-state index in [1.54, 1.807) is 0 Å². The van der Waals surface area contributed by atoms with Crippen molar-refractivity contribution < 1.29 is 4.79 Å². The summed E-state index contributed by atoms with van der Waals surface area (Å²) in [5, 5.41) is 6.53. The highest BCUT2D eigenvalue weighted by molar-refractivity contribution is 5.81. The number of carbonyl (C=O) groups is 1. The summed E-state index contributed by atoms with van der Waals surface area (Å²) in [6, 6.07) is 0.656. The fourth-order valence-electron chi connectivity index (χ4n) is 2.94. The lowest BCUT2D eigenvalue weighted by Crippen LogP contribution is -2.49. The summed E-state index contributed by atoms with van der Waals surface area (Å²) >= 11 is 0. The van der Waals surface area contributed by atoms with Crippen molar-refractivity contribution in [2.45, 2.75) is 84.3 Å². The van der Waals surface area contributed by atoms with E-state index < -0.39 is 0 Å². The van der Waals surface area contributed by atoms with Gasteiger partial charge in [-0.25, -0.2) is 0 Å². The van der Waals surface area contributed by atoms with Gasteiger partial charge in [0, 0.05) is 12.1 Å². The van der Waals surface area contributed by atoms with E-state index in [9.17, 15) is 4.79 Å². The van der Waals surface area contributed by atoms with Gasteiger partial charge in [-0.1, -0.05) is 26.2 Å². The van der Waals surface area contributed by atoms with Gasteiger partial charge in [0.2, 0.25) is 5.91 Å². The van der Waals surface area contributed by atoms with E-state index in [0.29, 0.717) is 6.04 Å². The normalized spacial score (nSPS) is 21.6. The van der Waals surface area contributed by atoms with Crippen LogP contribution < -0.4 is 10.6 Å². The molecule has 1 aliphatic rings. The molecule has 1 rings (SSSR count). The van der Waals surface area contributed by atoms with Gasteiger partial charge in [-0.2, -0.15) is 0 Å². The van der Waals surface area contributed by atoms with Crippen molar-refractivity contribution in [1.29, 1.82) is 0 Å². The van der Waals surface area contributed by atoms with Crippen LogP contribution in [0.4, 0.5) is 0 Å². The van der Waals surface area contributed by atoms with Crippen molar-refractivity contribution in [3.05, 3.63) is 0 Å². The summed E-state index contributed by atoms with van der Waals surface area (Å²) in [6.07, 6.45) is 7.50. The first kappa shape index (κ1) is 15.5. The van der Waals surface area contributed by atoms with Gasteiger partial charge in [0.05, 0.1) is 6.04 Å². The average Bonchev–Trinajstić information content (AvgIpc) is 2.82. The molecule has 0 radical (unpaired) electrons. The third kappa shape index (κ3) is 4.97. The molecule has 0 aromatic rings. The SMILES string of the molecule is CCCC(C)NC(=O)C(C)NC(C)C1CCCC1. The summed E-state index contributed by atoms with van der Waals surface area (Å²) in [4.78, 5) is 12.0. The van der Waals surface area contributed by atoms with Gasteiger partial charge in [-0.15, -0.1) is 0 Å². The Hall–Kier alpha value is -0.570. The maximum atomic E-state index is 12.0. The van der Waals surface area contributed by atoms with Crippen molar-refractivity contribution in [3.63, 3.8) is 0 Å². The van der Waals surface area contributed by atoms with Crippen molar-refractivity contribution in [1.82, 2.24) is 10.6 Å². The molecule has 1 aliphatic carbocycles. The van der Waals surface area contributed by atoms with E-state index in [-0.39, 0.29) is 18.0 Å². The topological polar surface area (TPSA) is 41.1 Å². The second kappa shape index (κ2) is 7.78. The first-order chi connectivity index (χ1) is 8.54. The highest BCUT2D eigenvalue weighted by Gasteiger charge is 2.24. The Labute approximate surface area is 112 Å². The van der Waals surface area contributed by atoms with E-state index in [1.807, 2.05) is 6.92 Å². The molecule has 0 heterocycles. The van der Waals surface area contributed by atoms with Crippen LogP contribution in [0.5, 0.6) is 0 Å². The van der Waals surface area contributed by atoms with Crippen LogP contribution in [-0.4, -0.2) is 24.0 Å². The lowest BCUT2D eigenvalue weighted by atomic mass is 9.99. The van der Waals surface area contributed by atoms with Crippen molar-refractivity contribution in [2.24, 2.45) is 5.92 Å². The Kier molecular flexibility index (Phi) is 6.69. The molecule has 0 spiro atoms. The van der Waals surface area contributed by atoms with Crippen LogP contribution in [0, 0.1) is 5.92 Å². The molecule has 18 heavy (non-hydrogen) atoms. The maximum absolute atomic E-state index is 12.0. The average molecular weight is 254 g/mol. The number of amides is 1. The fraction of sp³-hybridized carbons (Fsp3) is 0.933. The first-order valence-corrected chi connectivity index (χ1v) is 7.61. The van der Waals surface area contributed by atoms with Crippen LogP contribution in [0.25, 0.3) is 0 Å². The summed E-state index contributed by atoms with van der Waals surface area (Å²) in [5.74, 6) is 0.897. The number of hydrogen-bond donors (Lipinski definition) is 2. The molecular weight excluding hydrogens is 224 g/mol. The molecule has 1 fully saturated rings. The smallest absolute Gasteiger partial charge is 0.237 e. The van der Waals surface area contributed by atoms with Gasteiger partial charge in [0.25, 0.3) is 0 Å². The maximum Gasteiger partial charge on any atom is 0.237 e. The van der Waals surface area contributed by atoms with E-state index in [0.717, 1.165) is 18.8 Å². The molecule has 3 atom stereocenters. The fourth-order valence-corrected chi connectivity index (χ4v) is 2.94. The number of carbonyl (C=O) groups excluding carboxylic acids is 1. The van der Waals surface area contributed by atoms with Crippen molar-refractivity contribution in [2.75, 3.05) is 0 Å². The van der Waals surface area contributed by atoms with Crippen LogP contribution in [0.1, 0.15) is 66.2 Å². The third-order valence-electron chi connectivity index (χ3n) is 4.12. The minimum Gasteiger partial charge on any atom is -0.352 e. The van der Waals surface area contributed by atoms with Crippen LogP contribution in [0.15, 0.2) is 0 Å². The van der Waals surface area contributed by atoms with E-state index in [4.69, 9.17) is 0 Å². The third-order valence-corrected chi connectivity index (χ3v) is 4.12.